The van der Waals surface area contributed by atoms with Gasteiger partial charge in [0.05, 0.1) is 6.04 Å². The highest BCUT2D eigenvalue weighted by molar-refractivity contribution is 5.85. The summed E-state index contributed by atoms with van der Waals surface area (Å²) in [5, 5.41) is 3.74. The second-order valence-electron chi connectivity index (χ2n) is 6.11. The quantitative estimate of drug-likeness (QED) is 0.686. The highest BCUT2D eigenvalue weighted by atomic mass is 35.5. The Morgan fingerprint density at radius 1 is 1.00 bits per heavy atom. The monoisotopic (exact) mass is 324 g/mol. The van der Waals surface area contributed by atoms with Gasteiger partial charge in [-0.1, -0.05) is 42.0 Å². The number of para-hydroxylation sites is 1. The molecule has 2 heterocycles. The highest BCUT2D eigenvalue weighted by Gasteiger charge is 2.23. The fraction of sp³-hybridized carbons (Fsp3) is 0.200. The van der Waals surface area contributed by atoms with Crippen molar-refractivity contribution in [3.05, 3.63) is 88.7 Å². The first kappa shape index (κ1) is 15.9. The maximum absolute atomic E-state index is 3.74. The Labute approximate surface area is 143 Å². The molecular formula is C20H21ClN2. The fourth-order valence-corrected chi connectivity index (χ4v) is 3.48. The maximum Gasteiger partial charge on any atom is 0.0740 e. The third-order valence-corrected chi connectivity index (χ3v) is 4.56. The van der Waals surface area contributed by atoms with Crippen molar-refractivity contribution in [3.8, 4) is 5.69 Å². The van der Waals surface area contributed by atoms with Crippen molar-refractivity contribution in [2.45, 2.75) is 26.4 Å². The van der Waals surface area contributed by atoms with Gasteiger partial charge in [0.25, 0.3) is 0 Å². The number of nitrogens with one attached hydrogen (secondary N) is 1. The summed E-state index contributed by atoms with van der Waals surface area (Å²) in [6.07, 6.45) is 2.16. The minimum atomic E-state index is 0. The number of fused-ring (bicyclic) bond motifs is 3. The van der Waals surface area contributed by atoms with Crippen LogP contribution in [0.15, 0.2) is 60.8 Å². The largest absolute Gasteiger partial charge is 0.319 e. The van der Waals surface area contributed by atoms with Gasteiger partial charge in [0, 0.05) is 24.1 Å². The van der Waals surface area contributed by atoms with E-state index in [-0.39, 0.29) is 18.4 Å². The third-order valence-electron chi connectivity index (χ3n) is 4.56. The predicted molar refractivity (Wildman–Crippen MR) is 97.6 cm³/mol. The van der Waals surface area contributed by atoms with Crippen molar-refractivity contribution in [2.24, 2.45) is 0 Å². The number of hydrogen-bond acceptors (Lipinski definition) is 1. The lowest BCUT2D eigenvalue weighted by molar-refractivity contribution is 0.598. The lowest BCUT2D eigenvalue weighted by atomic mass is 9.97. The smallest absolute Gasteiger partial charge is 0.0740 e. The summed E-state index contributed by atoms with van der Waals surface area (Å²) in [6.45, 7) is 5.24. The molecule has 1 atom stereocenters. The Kier molecular flexibility index (Phi) is 4.29. The van der Waals surface area contributed by atoms with Crippen molar-refractivity contribution in [1.82, 2.24) is 9.88 Å². The first-order valence-corrected chi connectivity index (χ1v) is 7.80. The SMILES string of the molecule is Cc1ccc(C2NCc3ccccc3-n3cccc32)c(C)c1.Cl. The van der Waals surface area contributed by atoms with Crippen molar-refractivity contribution >= 4 is 12.4 Å². The molecule has 3 heteroatoms. The minimum absolute atomic E-state index is 0. The number of nitrogens with zero attached hydrogens (tertiary/aromatic N) is 1. The molecule has 0 saturated carbocycles. The number of halogens is 1. The zero-order valence-electron chi connectivity index (χ0n) is 13.4. The van der Waals surface area contributed by atoms with Crippen molar-refractivity contribution in [2.75, 3.05) is 0 Å². The maximum atomic E-state index is 3.74. The normalized spacial score (nSPS) is 16.0. The lowest BCUT2D eigenvalue weighted by Gasteiger charge is -2.20. The van der Waals surface area contributed by atoms with Crippen LogP contribution >= 0.6 is 12.4 Å². The molecule has 23 heavy (non-hydrogen) atoms. The minimum Gasteiger partial charge on any atom is -0.319 e. The highest BCUT2D eigenvalue weighted by Crippen LogP contribution is 2.31. The molecule has 1 aliphatic rings. The van der Waals surface area contributed by atoms with E-state index in [9.17, 15) is 0 Å². The van der Waals surface area contributed by atoms with E-state index >= 15 is 0 Å². The molecule has 2 nitrogen and oxygen atoms in total. The molecule has 0 bridgehead atoms. The van der Waals surface area contributed by atoms with E-state index in [0.717, 1.165) is 6.54 Å². The van der Waals surface area contributed by atoms with Crippen LogP contribution in [0.5, 0.6) is 0 Å². The van der Waals surface area contributed by atoms with Gasteiger partial charge in [0.2, 0.25) is 0 Å². The van der Waals surface area contributed by atoms with Crippen molar-refractivity contribution < 1.29 is 0 Å². The molecule has 1 aliphatic heterocycles. The molecule has 0 spiro atoms. The summed E-state index contributed by atoms with van der Waals surface area (Å²) in [7, 11) is 0. The van der Waals surface area contributed by atoms with E-state index < -0.39 is 0 Å². The summed E-state index contributed by atoms with van der Waals surface area (Å²) >= 11 is 0. The number of aromatic nitrogens is 1. The molecule has 0 radical (unpaired) electrons. The molecule has 2 aromatic carbocycles. The molecule has 0 saturated heterocycles. The molecule has 0 aliphatic carbocycles. The zero-order chi connectivity index (χ0) is 15.1. The number of hydrogen-bond donors (Lipinski definition) is 1. The average molecular weight is 325 g/mol. The summed E-state index contributed by atoms with van der Waals surface area (Å²) in [5.74, 6) is 0. The summed E-state index contributed by atoms with van der Waals surface area (Å²) in [4.78, 5) is 0. The summed E-state index contributed by atoms with van der Waals surface area (Å²) in [5.41, 5.74) is 7.94. The number of aryl methyl sites for hydroxylation is 2. The predicted octanol–water partition coefficient (Wildman–Crippen LogP) is 4.71. The Morgan fingerprint density at radius 3 is 2.65 bits per heavy atom. The van der Waals surface area contributed by atoms with Gasteiger partial charge in [-0.3, -0.25) is 0 Å². The van der Waals surface area contributed by atoms with E-state index in [1.54, 1.807) is 0 Å². The van der Waals surface area contributed by atoms with Crippen molar-refractivity contribution in [1.29, 1.82) is 0 Å². The van der Waals surface area contributed by atoms with Gasteiger partial charge in [-0.15, -0.1) is 12.4 Å². The van der Waals surface area contributed by atoms with Gasteiger partial charge in [-0.25, -0.2) is 0 Å². The van der Waals surface area contributed by atoms with Crippen LogP contribution in [0, 0.1) is 13.8 Å². The van der Waals surface area contributed by atoms with Crippen LogP contribution in [0.1, 0.15) is 34.0 Å². The first-order chi connectivity index (χ1) is 10.7. The lowest BCUT2D eigenvalue weighted by Crippen LogP contribution is -2.22. The van der Waals surface area contributed by atoms with Crippen LogP contribution in [-0.4, -0.2) is 4.57 Å². The Balaban J connectivity index is 0.00000156. The molecule has 4 rings (SSSR count). The van der Waals surface area contributed by atoms with Gasteiger partial charge >= 0.3 is 0 Å². The Bertz CT molecular complexity index is 835. The fourth-order valence-electron chi connectivity index (χ4n) is 3.48. The van der Waals surface area contributed by atoms with Crippen LogP contribution in [0.2, 0.25) is 0 Å². The number of benzene rings is 2. The second kappa shape index (κ2) is 6.23. The molecule has 1 aromatic heterocycles. The van der Waals surface area contributed by atoms with Gasteiger partial charge in [0.15, 0.2) is 0 Å². The van der Waals surface area contributed by atoms with Gasteiger partial charge in [-0.2, -0.15) is 0 Å². The van der Waals surface area contributed by atoms with E-state index in [2.05, 4.69) is 84.5 Å². The molecular weight excluding hydrogens is 304 g/mol. The van der Waals surface area contributed by atoms with Gasteiger partial charge < -0.3 is 9.88 Å². The second-order valence-corrected chi connectivity index (χ2v) is 6.11. The van der Waals surface area contributed by atoms with Crippen LogP contribution in [0.4, 0.5) is 0 Å². The van der Waals surface area contributed by atoms with E-state index in [4.69, 9.17) is 0 Å². The number of rotatable bonds is 1. The van der Waals surface area contributed by atoms with E-state index in [1.165, 1.54) is 33.6 Å². The molecule has 3 aromatic rings. The molecule has 0 fully saturated rings. The standard InChI is InChI=1S/C20H20N2.ClH/c1-14-9-10-17(15(2)12-14)20-19-8-5-11-22(19)18-7-4-3-6-16(18)13-21-20;/h3-12,20-21H,13H2,1-2H3;1H. The molecule has 0 amide bonds. The van der Waals surface area contributed by atoms with Crippen LogP contribution in [0.25, 0.3) is 5.69 Å². The van der Waals surface area contributed by atoms with Crippen LogP contribution < -0.4 is 5.32 Å². The average Bonchev–Trinajstić information content (AvgIpc) is 2.93. The summed E-state index contributed by atoms with van der Waals surface area (Å²) < 4.78 is 2.32. The van der Waals surface area contributed by atoms with Gasteiger partial charge in [-0.05, 0) is 48.7 Å². The van der Waals surface area contributed by atoms with E-state index in [0.29, 0.717) is 0 Å². The first-order valence-electron chi connectivity index (χ1n) is 7.80. The molecule has 1 N–H and O–H groups in total. The van der Waals surface area contributed by atoms with Crippen molar-refractivity contribution in [3.63, 3.8) is 0 Å². The van der Waals surface area contributed by atoms with Crippen LogP contribution in [0.3, 0.4) is 0 Å². The molecule has 1 unspecified atom stereocenters. The third kappa shape index (κ3) is 2.69. The Hall–Kier alpha value is -2.03. The van der Waals surface area contributed by atoms with Gasteiger partial charge in [0.1, 0.15) is 0 Å². The zero-order valence-corrected chi connectivity index (χ0v) is 14.2. The molecule has 118 valence electrons. The van der Waals surface area contributed by atoms with Crippen LogP contribution in [-0.2, 0) is 6.54 Å². The van der Waals surface area contributed by atoms with E-state index in [1.807, 2.05) is 0 Å². The topological polar surface area (TPSA) is 17.0 Å². The summed E-state index contributed by atoms with van der Waals surface area (Å²) in [6, 6.07) is 19.9. The Morgan fingerprint density at radius 2 is 1.83 bits per heavy atom.